The van der Waals surface area contributed by atoms with Crippen LogP contribution >= 0.6 is 46.4 Å². The van der Waals surface area contributed by atoms with E-state index in [9.17, 15) is 67.5 Å². The van der Waals surface area contributed by atoms with Crippen LogP contribution in [0.1, 0.15) is 37.1 Å². The zero-order valence-electron chi connectivity index (χ0n) is 43.5. The molecule has 0 saturated carbocycles. The van der Waals surface area contributed by atoms with E-state index in [2.05, 4.69) is 5.32 Å². The summed E-state index contributed by atoms with van der Waals surface area (Å²) in [6.45, 7) is 0.271. The molecule has 14 nitrogen and oxygen atoms in total. The number of piperazine rings is 2. The summed E-state index contributed by atoms with van der Waals surface area (Å²) in [6, 6.07) is 19.6. The number of nitrogens with zero attached hydrogens (tertiary/aromatic N) is 9. The molecule has 4 aromatic carbocycles. The van der Waals surface area contributed by atoms with Gasteiger partial charge >= 0.3 is 18.5 Å². The molecule has 0 spiro atoms. The minimum absolute atomic E-state index is 0.0160. The molecule has 4 aliphatic rings. The normalized spacial score (nSPS) is 17.8. The van der Waals surface area contributed by atoms with E-state index in [1.807, 2.05) is 9.80 Å². The molecule has 442 valence electrons. The van der Waals surface area contributed by atoms with E-state index in [1.54, 1.807) is 42.2 Å². The standard InChI is InChI=1S/C28H24Cl2F7N5O2.C26H23Cl2F4N5O2/c1-16-24(26(44)39-10-8-38(9-11-39)19-5-3-18(31)4-6-19)25(17-2-7-20(29)21(30)12-17)42-22(40(16)14-27(32,33)34)13-23(43)41(42)15-28(35,36)37;1-15-23(25(39)35-10-8-34(9-11-35)18-5-3-17(29)4-6-18)24(16-2-7-19(27)20(28)12-16)37-21(33-15)13-22(38)36(37)14-26(30,31)32/h2-7,12-13,25H,8-11,14-15H2,1H3;2-7,12-13,24,33H,8-11,14H2,1H3. The van der Waals surface area contributed by atoms with Gasteiger partial charge in [-0.15, -0.1) is 0 Å². The van der Waals surface area contributed by atoms with Gasteiger partial charge in [-0.25, -0.2) is 18.1 Å². The number of carbonyl (C=O) groups excluding carboxylic acids is 2. The monoisotopic (exact) mass is 1250 g/mol. The number of amides is 2. The van der Waals surface area contributed by atoms with Crippen LogP contribution < -0.4 is 31.1 Å². The maximum absolute atomic E-state index is 14.2. The number of benzene rings is 4. The molecule has 0 radical (unpaired) electrons. The maximum atomic E-state index is 14.2. The number of allylic oxidation sites excluding steroid dienone is 2. The SMILES string of the molecule is CC1=C(C(=O)N2CCN(c3ccc(F)cc3)CC2)C(c2ccc(Cl)c(Cl)c2)n2c(cc(=O)n2CC(F)(F)F)N1.CC1=C(C(=O)N2CCN(c3ccc(F)cc3)CC2)C(c2ccc(Cl)c(Cl)c2)n2c(cc(=O)n2CC(F)(F)F)N1CC(F)(F)F. The highest BCUT2D eigenvalue weighted by Gasteiger charge is 2.45. The Morgan fingerprint density at radius 1 is 0.506 bits per heavy atom. The van der Waals surface area contributed by atoms with E-state index in [4.69, 9.17) is 46.4 Å². The minimum atomic E-state index is -4.92. The number of hydrogen-bond acceptors (Lipinski definition) is 8. The van der Waals surface area contributed by atoms with Crippen molar-refractivity contribution in [2.75, 3.05) is 78.9 Å². The second-order valence-corrected chi connectivity index (χ2v) is 21.4. The number of fused-ring (bicyclic) bond motifs is 2. The fourth-order valence-corrected chi connectivity index (χ4v) is 11.2. The number of rotatable bonds is 9. The van der Waals surface area contributed by atoms with E-state index >= 15 is 0 Å². The first-order valence-corrected chi connectivity index (χ1v) is 26.8. The highest BCUT2D eigenvalue weighted by Crippen LogP contribution is 2.44. The van der Waals surface area contributed by atoms with E-state index < -0.39 is 78.9 Å². The van der Waals surface area contributed by atoms with Crippen molar-refractivity contribution >= 4 is 81.2 Å². The largest absolute Gasteiger partial charge is 0.408 e. The van der Waals surface area contributed by atoms with Crippen molar-refractivity contribution in [1.29, 1.82) is 0 Å². The molecular weight excluding hydrogens is 1200 g/mol. The molecule has 0 aliphatic carbocycles. The van der Waals surface area contributed by atoms with Crippen molar-refractivity contribution in [3.63, 3.8) is 0 Å². The Labute approximate surface area is 485 Å². The molecule has 6 heterocycles. The highest BCUT2D eigenvalue weighted by atomic mass is 35.5. The molecular formula is C54H47Cl4F11N10O4. The summed E-state index contributed by atoms with van der Waals surface area (Å²) >= 11 is 24.7. The summed E-state index contributed by atoms with van der Waals surface area (Å²) < 4.78 is 153. The first-order chi connectivity index (χ1) is 39.0. The van der Waals surface area contributed by atoms with Gasteiger partial charge in [0.2, 0.25) is 0 Å². The molecule has 10 rings (SSSR count). The summed E-state index contributed by atoms with van der Waals surface area (Å²) in [5.41, 5.74) is 0.111. The zero-order valence-corrected chi connectivity index (χ0v) is 46.5. The number of carbonyl (C=O) groups is 2. The van der Waals surface area contributed by atoms with Gasteiger partial charge in [-0.05, 0) is 97.8 Å². The lowest BCUT2D eigenvalue weighted by Gasteiger charge is -2.42. The van der Waals surface area contributed by atoms with Crippen LogP contribution in [0.3, 0.4) is 0 Å². The first-order valence-electron chi connectivity index (χ1n) is 25.3. The Morgan fingerprint density at radius 3 is 1.33 bits per heavy atom. The third kappa shape index (κ3) is 13.2. The molecule has 2 atom stereocenters. The Balaban J connectivity index is 0.000000201. The highest BCUT2D eigenvalue weighted by molar-refractivity contribution is 6.42. The molecule has 1 N–H and O–H groups in total. The average Bonchev–Trinajstić information content (AvgIpc) is 2.00. The predicted octanol–water partition coefficient (Wildman–Crippen LogP) is 11.5. The topological polar surface area (TPSA) is 116 Å². The lowest BCUT2D eigenvalue weighted by Crippen LogP contribution is -2.51. The molecule has 83 heavy (non-hydrogen) atoms. The second-order valence-electron chi connectivity index (χ2n) is 19.8. The third-order valence-electron chi connectivity index (χ3n) is 14.3. The van der Waals surface area contributed by atoms with E-state index in [1.165, 1.54) is 66.4 Å². The molecule has 4 aliphatic heterocycles. The van der Waals surface area contributed by atoms with Crippen LogP contribution in [0.2, 0.25) is 20.1 Å². The van der Waals surface area contributed by atoms with Gasteiger partial charge in [-0.1, -0.05) is 58.5 Å². The van der Waals surface area contributed by atoms with Gasteiger partial charge in [0, 0.05) is 87.3 Å². The van der Waals surface area contributed by atoms with E-state index in [0.29, 0.717) is 71.9 Å². The Kier molecular flexibility index (Phi) is 17.1. The Hall–Kier alpha value is -7.09. The van der Waals surface area contributed by atoms with Crippen LogP contribution in [0, 0.1) is 11.6 Å². The summed E-state index contributed by atoms with van der Waals surface area (Å²) in [7, 11) is 0. The molecule has 2 aromatic heterocycles. The molecule has 2 amide bonds. The van der Waals surface area contributed by atoms with Crippen LogP contribution in [0.5, 0.6) is 0 Å². The van der Waals surface area contributed by atoms with Gasteiger partial charge in [-0.3, -0.25) is 28.5 Å². The van der Waals surface area contributed by atoms with Crippen LogP contribution in [0.4, 0.5) is 71.3 Å². The maximum Gasteiger partial charge on any atom is 0.408 e. The van der Waals surface area contributed by atoms with Crippen molar-refractivity contribution in [2.24, 2.45) is 0 Å². The first kappa shape index (κ1) is 60.5. The summed E-state index contributed by atoms with van der Waals surface area (Å²) in [5, 5.41) is 3.41. The van der Waals surface area contributed by atoms with Crippen molar-refractivity contribution < 1.29 is 57.9 Å². The van der Waals surface area contributed by atoms with Crippen molar-refractivity contribution in [3.8, 4) is 0 Å². The molecule has 6 aromatic rings. The second kappa shape index (κ2) is 23.5. The van der Waals surface area contributed by atoms with Crippen LogP contribution in [-0.2, 0) is 22.7 Å². The smallest absolute Gasteiger partial charge is 0.368 e. The number of anilines is 4. The lowest BCUT2D eigenvalue weighted by atomic mass is 9.93. The Morgan fingerprint density at radius 2 is 0.904 bits per heavy atom. The van der Waals surface area contributed by atoms with Gasteiger partial charge < -0.3 is 29.8 Å². The minimum Gasteiger partial charge on any atom is -0.368 e. The predicted molar refractivity (Wildman–Crippen MR) is 292 cm³/mol. The van der Waals surface area contributed by atoms with E-state index in [-0.39, 0.29) is 77.8 Å². The van der Waals surface area contributed by atoms with Gasteiger partial charge in [0.1, 0.15) is 55.0 Å². The summed E-state index contributed by atoms with van der Waals surface area (Å²) in [5.74, 6) is -2.23. The van der Waals surface area contributed by atoms with Crippen LogP contribution in [0.15, 0.2) is 129 Å². The summed E-state index contributed by atoms with van der Waals surface area (Å²) in [6.07, 6.45) is -14.5. The molecule has 29 heteroatoms. The number of halogens is 15. The van der Waals surface area contributed by atoms with Crippen molar-refractivity contribution in [1.82, 2.24) is 28.5 Å². The number of hydrogen-bond donors (Lipinski definition) is 1. The van der Waals surface area contributed by atoms with Crippen LogP contribution in [0.25, 0.3) is 0 Å². The quantitative estimate of drug-likeness (QED) is 0.142. The van der Waals surface area contributed by atoms with Crippen molar-refractivity contribution in [3.05, 3.63) is 183 Å². The summed E-state index contributed by atoms with van der Waals surface area (Å²) in [4.78, 5) is 61.3. The van der Waals surface area contributed by atoms with Gasteiger partial charge in [0.05, 0.1) is 31.2 Å². The van der Waals surface area contributed by atoms with Gasteiger partial charge in [0.15, 0.2) is 0 Å². The molecule has 2 unspecified atom stereocenters. The average molecular weight is 1250 g/mol. The fourth-order valence-electron chi connectivity index (χ4n) is 10.6. The Bertz CT molecular complexity index is 3630. The molecule has 2 saturated heterocycles. The van der Waals surface area contributed by atoms with Crippen LogP contribution in [-0.4, -0.2) is 118 Å². The molecule has 2 fully saturated rings. The lowest BCUT2D eigenvalue weighted by molar-refractivity contribution is -0.146. The third-order valence-corrected chi connectivity index (χ3v) is 15.8. The van der Waals surface area contributed by atoms with E-state index in [0.717, 1.165) is 21.1 Å². The number of aromatic nitrogens is 4. The van der Waals surface area contributed by atoms with Gasteiger partial charge in [0.25, 0.3) is 22.9 Å². The number of alkyl halides is 9. The number of nitrogens with one attached hydrogen (secondary N) is 1. The zero-order chi connectivity index (χ0) is 60.2. The molecule has 0 bridgehead atoms. The van der Waals surface area contributed by atoms with Crippen molar-refractivity contribution in [2.45, 2.75) is 57.5 Å². The van der Waals surface area contributed by atoms with Gasteiger partial charge in [-0.2, -0.15) is 39.5 Å². The fraction of sp³-hybridized carbons (Fsp3) is 0.333.